The number of rotatable bonds is 5. The van der Waals surface area contributed by atoms with E-state index in [1.807, 2.05) is 0 Å². The van der Waals surface area contributed by atoms with Crippen LogP contribution in [0.3, 0.4) is 0 Å². The predicted molar refractivity (Wildman–Crippen MR) is 145 cm³/mol. The molecule has 0 aliphatic heterocycles. The summed E-state index contributed by atoms with van der Waals surface area (Å²) in [4.78, 5) is 55.4. The Morgan fingerprint density at radius 2 is 1.62 bits per heavy atom. The fourth-order valence-corrected chi connectivity index (χ4v) is 6.51. The number of allylic oxidation sites excluding steroid dienone is 1. The van der Waals surface area contributed by atoms with Crippen LogP contribution in [0.5, 0.6) is 5.75 Å². The van der Waals surface area contributed by atoms with Gasteiger partial charge in [-0.05, 0) is 44.5 Å². The summed E-state index contributed by atoms with van der Waals surface area (Å²) in [6.45, 7) is 1.30. The molecule has 4 atom stereocenters. The van der Waals surface area contributed by atoms with Gasteiger partial charge in [0.15, 0.2) is 17.1 Å². The highest BCUT2D eigenvalue weighted by molar-refractivity contribution is 6.25. The minimum atomic E-state index is -2.73. The largest absolute Gasteiger partial charge is 0.510 e. The Morgan fingerprint density at radius 1 is 1.02 bits per heavy atom. The van der Waals surface area contributed by atoms with Gasteiger partial charge in [-0.15, -0.1) is 0 Å². The van der Waals surface area contributed by atoms with Crippen molar-refractivity contribution in [2.24, 2.45) is 17.6 Å². The molecule has 13 heteroatoms. The Labute approximate surface area is 231 Å². The maximum absolute atomic E-state index is 14.1. The van der Waals surface area contributed by atoms with E-state index < -0.39 is 69.7 Å². The predicted octanol–water partition coefficient (Wildman–Crippen LogP) is 0.0161. The summed E-state index contributed by atoms with van der Waals surface area (Å²) in [6, 6.07) is 0.524. The van der Waals surface area contributed by atoms with E-state index in [4.69, 9.17) is 5.73 Å². The van der Waals surface area contributed by atoms with Gasteiger partial charge >= 0.3 is 0 Å². The van der Waals surface area contributed by atoms with E-state index in [1.165, 1.54) is 21.8 Å². The van der Waals surface area contributed by atoms with Gasteiger partial charge in [-0.1, -0.05) is 0 Å². The Balaban J connectivity index is 2.01. The van der Waals surface area contributed by atoms with Gasteiger partial charge < -0.3 is 31.1 Å². The zero-order chi connectivity index (χ0) is 30.2. The van der Waals surface area contributed by atoms with Gasteiger partial charge in [-0.2, -0.15) is 0 Å². The second-order valence-corrected chi connectivity index (χ2v) is 11.2. The van der Waals surface area contributed by atoms with Gasteiger partial charge in [0.2, 0.25) is 11.7 Å². The number of aromatic hydroxyl groups is 1. The molecule has 2 amide bonds. The smallest absolute Gasteiger partial charge is 0.255 e. The number of fused-ring (bicyclic) bond motifs is 3. The molecular weight excluding hydrogens is 522 g/mol. The summed E-state index contributed by atoms with van der Waals surface area (Å²) < 4.78 is 0. The van der Waals surface area contributed by atoms with Crippen LogP contribution in [0, 0.1) is 11.8 Å². The van der Waals surface area contributed by atoms with Crippen molar-refractivity contribution in [2.75, 3.05) is 52.2 Å². The summed E-state index contributed by atoms with van der Waals surface area (Å²) in [7, 11) is 9.81. The summed E-state index contributed by atoms with van der Waals surface area (Å²) in [5, 5.41) is 48.1. The zero-order valence-corrected chi connectivity index (χ0v) is 23.5. The number of hydrogen-bond acceptors (Lipinski definition) is 11. The number of amides is 2. The van der Waals surface area contributed by atoms with E-state index in [0.717, 1.165) is 0 Å². The topological polar surface area (TPSA) is 188 Å². The third-order valence-electron chi connectivity index (χ3n) is 8.09. The molecule has 0 bridgehead atoms. The van der Waals surface area contributed by atoms with Crippen molar-refractivity contribution in [3.8, 4) is 5.75 Å². The number of aliphatic hydroxyl groups is 3. The molecule has 0 radical (unpaired) electrons. The number of ketones is 2. The van der Waals surface area contributed by atoms with Crippen LogP contribution in [0.15, 0.2) is 28.7 Å². The second kappa shape index (κ2) is 9.61. The molecule has 4 rings (SSSR count). The van der Waals surface area contributed by atoms with Crippen LogP contribution >= 0.6 is 0 Å². The van der Waals surface area contributed by atoms with Crippen LogP contribution in [-0.4, -0.2) is 108 Å². The molecule has 3 aliphatic rings. The quantitative estimate of drug-likeness (QED) is 0.242. The Bertz CT molecular complexity index is 1410. The summed E-state index contributed by atoms with van der Waals surface area (Å²) in [6.07, 6.45) is 0.121. The normalized spacial score (nSPS) is 26.1. The van der Waals surface area contributed by atoms with Gasteiger partial charge in [-0.25, -0.2) is 10.0 Å². The molecule has 40 heavy (non-hydrogen) atoms. The molecule has 0 spiro atoms. The van der Waals surface area contributed by atoms with Crippen molar-refractivity contribution in [1.82, 2.24) is 9.91 Å². The van der Waals surface area contributed by atoms with E-state index in [2.05, 4.69) is 0 Å². The lowest BCUT2D eigenvalue weighted by Gasteiger charge is -2.50. The Morgan fingerprint density at radius 3 is 2.10 bits per heavy atom. The minimum absolute atomic E-state index is 0.0155. The first-order valence-electron chi connectivity index (χ1n) is 12.7. The molecule has 13 nitrogen and oxygen atoms in total. The Kier molecular flexibility index (Phi) is 6.98. The van der Waals surface area contributed by atoms with Crippen molar-refractivity contribution in [3.63, 3.8) is 0 Å². The zero-order valence-electron chi connectivity index (χ0n) is 23.5. The number of carbonyl (C=O) groups is 4. The molecule has 3 aliphatic carbocycles. The maximum Gasteiger partial charge on any atom is 0.255 e. The number of nitrogens with two attached hydrogens (primary N) is 1. The van der Waals surface area contributed by atoms with E-state index in [-0.39, 0.29) is 29.7 Å². The van der Waals surface area contributed by atoms with Crippen molar-refractivity contribution in [3.05, 3.63) is 39.9 Å². The first kappa shape index (κ1) is 29.1. The molecule has 0 unspecified atom stereocenters. The van der Waals surface area contributed by atoms with Crippen molar-refractivity contribution in [1.29, 1.82) is 0 Å². The van der Waals surface area contributed by atoms with Gasteiger partial charge in [0.1, 0.15) is 22.8 Å². The van der Waals surface area contributed by atoms with Gasteiger partial charge in [0.25, 0.3) is 5.91 Å². The first-order valence-corrected chi connectivity index (χ1v) is 12.7. The van der Waals surface area contributed by atoms with Gasteiger partial charge in [-0.3, -0.25) is 24.1 Å². The van der Waals surface area contributed by atoms with Crippen LogP contribution in [0.1, 0.15) is 29.3 Å². The summed E-state index contributed by atoms with van der Waals surface area (Å²) in [5.74, 6) is -7.73. The van der Waals surface area contributed by atoms with Crippen LogP contribution in [-0.2, 0) is 20.8 Å². The molecule has 1 aromatic carbocycles. The number of likely N-dealkylation sites (N-methyl/N-ethyl adjacent to an activating group) is 1. The molecule has 1 aromatic rings. The third kappa shape index (κ3) is 3.87. The molecule has 0 saturated heterocycles. The van der Waals surface area contributed by atoms with Crippen LogP contribution in [0.25, 0.3) is 0 Å². The average molecular weight is 558 g/mol. The number of phenols is 1. The van der Waals surface area contributed by atoms with E-state index in [1.54, 1.807) is 53.3 Å². The van der Waals surface area contributed by atoms with E-state index >= 15 is 0 Å². The number of hydrogen-bond donors (Lipinski definition) is 5. The number of hydrazine groups is 1. The first-order chi connectivity index (χ1) is 18.5. The summed E-state index contributed by atoms with van der Waals surface area (Å²) in [5.41, 5.74) is 2.39. The SMILES string of the molecule is CC(=O)N(c1cc(N(C)C)c2c(c1O)C(=O)C1=C(O)[C@]3(O)C(=O)C(C(N)=O)=C(O)[C@@H](N(C)C)[C@@H]3C[C@@H]1C2)N(C)C. The lowest BCUT2D eigenvalue weighted by atomic mass is 9.58. The van der Waals surface area contributed by atoms with E-state index in [9.17, 15) is 39.6 Å². The van der Waals surface area contributed by atoms with E-state index in [0.29, 0.717) is 11.3 Å². The average Bonchev–Trinajstić information content (AvgIpc) is 2.81. The lowest BCUT2D eigenvalue weighted by molar-refractivity contribution is -0.148. The molecular formula is C27H35N5O8. The highest BCUT2D eigenvalue weighted by atomic mass is 16.3. The van der Waals surface area contributed by atoms with Crippen molar-refractivity contribution >= 4 is 34.8 Å². The van der Waals surface area contributed by atoms with Crippen LogP contribution in [0.2, 0.25) is 0 Å². The summed E-state index contributed by atoms with van der Waals surface area (Å²) >= 11 is 0. The molecule has 216 valence electrons. The third-order valence-corrected chi connectivity index (χ3v) is 8.09. The number of anilines is 2. The fourth-order valence-electron chi connectivity index (χ4n) is 6.51. The van der Waals surface area contributed by atoms with Crippen LogP contribution in [0.4, 0.5) is 11.4 Å². The fraction of sp³-hybridized carbons (Fsp3) is 0.481. The lowest BCUT2D eigenvalue weighted by Crippen LogP contribution is -2.63. The molecule has 0 aromatic heterocycles. The number of primary amides is 1. The number of aliphatic hydroxyl groups excluding tert-OH is 2. The highest BCUT2D eigenvalue weighted by Gasteiger charge is 2.63. The van der Waals surface area contributed by atoms with Gasteiger partial charge in [0.05, 0.1) is 11.6 Å². The van der Waals surface area contributed by atoms with Crippen molar-refractivity contribution in [2.45, 2.75) is 31.4 Å². The molecule has 0 saturated carbocycles. The number of carbonyl (C=O) groups excluding carboxylic acids is 4. The van der Waals surface area contributed by atoms with Crippen LogP contribution < -0.4 is 15.6 Å². The van der Waals surface area contributed by atoms with Crippen molar-refractivity contribution < 1.29 is 39.6 Å². The maximum atomic E-state index is 14.1. The number of Topliss-reactive ketones (excluding diaryl/α,β-unsaturated/α-hetero) is 2. The standard InChI is InChI=1S/C27H35N5O8/c1-11(33)32(31(6)7)16-10-15(29(2)3)13-8-12-9-14-20(30(4)5)23(36)19(26(28)39)25(38)27(14,40)24(37)17(12)22(35)18(13)21(16)34/h10,12,14,20,34,36-37,40H,8-9H2,1-7H3,(H2,28,39)/t12-,14-,20-,27-/m0/s1. The minimum Gasteiger partial charge on any atom is -0.510 e. The monoisotopic (exact) mass is 557 g/mol. The number of benzene rings is 1. The van der Waals surface area contributed by atoms with Gasteiger partial charge in [0, 0.05) is 52.3 Å². The Hall–Kier alpha value is -3.94. The number of nitrogens with zero attached hydrogens (tertiary/aromatic N) is 4. The molecule has 0 heterocycles. The molecule has 0 fully saturated rings. The second-order valence-electron chi connectivity index (χ2n) is 11.2. The molecule has 6 N–H and O–H groups in total. The highest BCUT2D eigenvalue weighted by Crippen LogP contribution is 2.54. The number of phenolic OH excluding ortho intramolecular Hbond substituents is 1.